The molecule has 0 bridgehead atoms. The standard InChI is InChI=1S/C25H30N4O4/c1-28(14-15-29-12-2-3-13-29)23(30)18-6-8-25(9-7-18)21-5-4-19(16-20(21)24(31)33-25)32-22-17-26-10-11-27-22/h4-5,10-11,16-18H,2-3,6-9,12-15H2,1H3/t18-,25-. The van der Waals surface area contributed by atoms with Crippen molar-refractivity contribution in [2.45, 2.75) is 44.1 Å². The van der Waals surface area contributed by atoms with Gasteiger partial charge < -0.3 is 19.3 Å². The molecule has 33 heavy (non-hydrogen) atoms. The molecule has 3 heterocycles. The molecular weight excluding hydrogens is 420 g/mol. The van der Waals surface area contributed by atoms with E-state index in [1.54, 1.807) is 18.5 Å². The molecular formula is C25H30N4O4. The fourth-order valence-electron chi connectivity index (χ4n) is 5.32. The number of carbonyl (C=O) groups is 2. The maximum atomic E-state index is 13.0. The Balaban J connectivity index is 1.22. The van der Waals surface area contributed by atoms with Crippen LogP contribution in [0.2, 0.25) is 0 Å². The number of ether oxygens (including phenoxy) is 2. The quantitative estimate of drug-likeness (QED) is 0.624. The van der Waals surface area contributed by atoms with Crippen molar-refractivity contribution < 1.29 is 19.1 Å². The third kappa shape index (κ3) is 4.44. The van der Waals surface area contributed by atoms with Crippen LogP contribution in [0.1, 0.15) is 54.4 Å². The Hall–Kier alpha value is -3.00. The predicted octanol–water partition coefficient (Wildman–Crippen LogP) is 3.38. The molecule has 1 saturated carbocycles. The van der Waals surface area contributed by atoms with E-state index in [1.807, 2.05) is 24.1 Å². The van der Waals surface area contributed by atoms with Gasteiger partial charge in [0.05, 0.1) is 11.8 Å². The van der Waals surface area contributed by atoms with Gasteiger partial charge in [-0.05, 0) is 63.7 Å². The third-order valence-corrected chi connectivity index (χ3v) is 7.22. The fourth-order valence-corrected chi connectivity index (χ4v) is 5.32. The highest BCUT2D eigenvalue weighted by Gasteiger charge is 2.48. The first-order valence-corrected chi connectivity index (χ1v) is 11.8. The summed E-state index contributed by atoms with van der Waals surface area (Å²) < 4.78 is 11.6. The summed E-state index contributed by atoms with van der Waals surface area (Å²) in [5, 5.41) is 0. The molecule has 0 unspecified atom stereocenters. The Labute approximate surface area is 193 Å². The van der Waals surface area contributed by atoms with Crippen molar-refractivity contribution in [3.05, 3.63) is 47.9 Å². The minimum atomic E-state index is -0.637. The van der Waals surface area contributed by atoms with Gasteiger partial charge in [-0.25, -0.2) is 9.78 Å². The summed E-state index contributed by atoms with van der Waals surface area (Å²) in [4.78, 5) is 38.1. The van der Waals surface area contributed by atoms with Gasteiger partial charge in [0.15, 0.2) is 0 Å². The Morgan fingerprint density at radius 3 is 2.76 bits per heavy atom. The van der Waals surface area contributed by atoms with Gasteiger partial charge in [0.1, 0.15) is 11.4 Å². The Bertz CT molecular complexity index is 1010. The number of carbonyl (C=O) groups excluding carboxylic acids is 2. The molecule has 1 amide bonds. The number of hydrogen-bond donors (Lipinski definition) is 0. The van der Waals surface area contributed by atoms with Crippen LogP contribution in [-0.4, -0.2) is 64.9 Å². The van der Waals surface area contributed by atoms with Gasteiger partial charge in [0.25, 0.3) is 0 Å². The second-order valence-electron chi connectivity index (χ2n) is 9.32. The van der Waals surface area contributed by atoms with E-state index in [1.165, 1.54) is 19.0 Å². The Morgan fingerprint density at radius 2 is 2.03 bits per heavy atom. The van der Waals surface area contributed by atoms with Crippen LogP contribution >= 0.6 is 0 Å². The average molecular weight is 451 g/mol. The Kier molecular flexibility index (Phi) is 6.01. The second-order valence-corrected chi connectivity index (χ2v) is 9.32. The molecule has 2 aromatic rings. The van der Waals surface area contributed by atoms with E-state index in [2.05, 4.69) is 14.9 Å². The van der Waals surface area contributed by atoms with Crippen molar-refractivity contribution in [3.8, 4) is 11.6 Å². The molecule has 3 aliphatic rings. The van der Waals surface area contributed by atoms with Gasteiger partial charge in [-0.3, -0.25) is 9.78 Å². The van der Waals surface area contributed by atoms with E-state index in [9.17, 15) is 9.59 Å². The van der Waals surface area contributed by atoms with Crippen molar-refractivity contribution in [2.75, 3.05) is 33.2 Å². The monoisotopic (exact) mass is 450 g/mol. The maximum absolute atomic E-state index is 13.0. The van der Waals surface area contributed by atoms with Crippen LogP contribution in [0.5, 0.6) is 11.6 Å². The summed E-state index contributed by atoms with van der Waals surface area (Å²) in [5.74, 6) is 0.753. The first kappa shape index (κ1) is 21.8. The lowest BCUT2D eigenvalue weighted by Gasteiger charge is -2.37. The molecule has 174 valence electrons. The topological polar surface area (TPSA) is 84.9 Å². The first-order chi connectivity index (χ1) is 16.0. The van der Waals surface area contributed by atoms with Crippen molar-refractivity contribution >= 4 is 11.9 Å². The van der Waals surface area contributed by atoms with E-state index in [0.29, 0.717) is 30.0 Å². The molecule has 8 nitrogen and oxygen atoms in total. The number of nitrogens with zero attached hydrogens (tertiary/aromatic N) is 4. The molecule has 0 radical (unpaired) electrons. The molecule has 2 fully saturated rings. The van der Waals surface area contributed by atoms with E-state index in [4.69, 9.17) is 9.47 Å². The van der Waals surface area contributed by atoms with E-state index >= 15 is 0 Å². The molecule has 0 N–H and O–H groups in total. The molecule has 8 heteroatoms. The van der Waals surface area contributed by atoms with Gasteiger partial charge >= 0.3 is 5.97 Å². The molecule has 5 rings (SSSR count). The van der Waals surface area contributed by atoms with Crippen molar-refractivity contribution in [1.82, 2.24) is 19.8 Å². The highest BCUT2D eigenvalue weighted by Crippen LogP contribution is 2.49. The van der Waals surface area contributed by atoms with Crippen molar-refractivity contribution in [1.29, 1.82) is 0 Å². The third-order valence-electron chi connectivity index (χ3n) is 7.22. The number of likely N-dealkylation sites (tertiary alicyclic amines) is 1. The molecule has 1 spiro atoms. The van der Waals surface area contributed by atoms with Crippen LogP contribution in [0.3, 0.4) is 0 Å². The fraction of sp³-hybridized carbons (Fsp3) is 0.520. The predicted molar refractivity (Wildman–Crippen MR) is 121 cm³/mol. The highest BCUT2D eigenvalue weighted by atomic mass is 16.6. The number of hydrogen-bond acceptors (Lipinski definition) is 7. The van der Waals surface area contributed by atoms with Crippen molar-refractivity contribution in [2.24, 2.45) is 5.92 Å². The molecule has 1 saturated heterocycles. The average Bonchev–Trinajstić information content (AvgIpc) is 3.45. The summed E-state index contributed by atoms with van der Waals surface area (Å²) in [5.41, 5.74) is 0.791. The van der Waals surface area contributed by atoms with E-state index < -0.39 is 5.60 Å². The molecule has 0 atom stereocenters. The maximum Gasteiger partial charge on any atom is 0.339 e. The lowest BCUT2D eigenvalue weighted by atomic mass is 9.74. The van der Waals surface area contributed by atoms with Gasteiger partial charge in [0, 0.05) is 44.0 Å². The van der Waals surface area contributed by atoms with Crippen LogP contribution in [0.25, 0.3) is 0 Å². The smallest absolute Gasteiger partial charge is 0.339 e. The van der Waals surface area contributed by atoms with Crippen LogP contribution < -0.4 is 4.74 Å². The Morgan fingerprint density at radius 1 is 1.24 bits per heavy atom. The van der Waals surface area contributed by atoms with Gasteiger partial charge in [-0.15, -0.1) is 0 Å². The van der Waals surface area contributed by atoms with Gasteiger partial charge in [0.2, 0.25) is 11.8 Å². The number of fused-ring (bicyclic) bond motifs is 2. The van der Waals surface area contributed by atoms with Crippen LogP contribution in [0.4, 0.5) is 0 Å². The van der Waals surface area contributed by atoms with Crippen molar-refractivity contribution in [3.63, 3.8) is 0 Å². The van der Waals surface area contributed by atoms with Gasteiger partial charge in [-0.1, -0.05) is 6.07 Å². The summed E-state index contributed by atoms with van der Waals surface area (Å²) in [6, 6.07) is 5.46. The summed E-state index contributed by atoms with van der Waals surface area (Å²) in [6.45, 7) is 4.00. The minimum absolute atomic E-state index is 0.0128. The van der Waals surface area contributed by atoms with Crippen LogP contribution in [0, 0.1) is 5.92 Å². The summed E-state index contributed by atoms with van der Waals surface area (Å²) >= 11 is 0. The van der Waals surface area contributed by atoms with Gasteiger partial charge in [-0.2, -0.15) is 0 Å². The van der Waals surface area contributed by atoms with E-state index in [0.717, 1.165) is 44.6 Å². The SMILES string of the molecule is CN(CCN1CCCC1)C(=O)[C@H]1CC[C@@]2(CC1)OC(=O)c1cc(Oc3cnccn3)ccc12. The summed E-state index contributed by atoms with van der Waals surface area (Å²) in [6.07, 6.45) is 9.92. The molecule has 1 aromatic carbocycles. The lowest BCUT2D eigenvalue weighted by Crippen LogP contribution is -2.41. The first-order valence-electron chi connectivity index (χ1n) is 11.8. The van der Waals surface area contributed by atoms with Crippen LogP contribution in [-0.2, 0) is 15.1 Å². The van der Waals surface area contributed by atoms with E-state index in [-0.39, 0.29) is 17.8 Å². The number of aromatic nitrogens is 2. The minimum Gasteiger partial charge on any atom is -0.451 e. The number of likely N-dealkylation sites (N-methyl/N-ethyl adjacent to an activating group) is 1. The lowest BCUT2D eigenvalue weighted by molar-refractivity contribution is -0.137. The number of amides is 1. The highest BCUT2D eigenvalue weighted by molar-refractivity contribution is 5.95. The molecule has 1 aromatic heterocycles. The number of rotatable bonds is 6. The number of esters is 1. The largest absolute Gasteiger partial charge is 0.451 e. The molecule has 2 aliphatic heterocycles. The zero-order valence-corrected chi connectivity index (χ0v) is 19.0. The zero-order valence-electron chi connectivity index (χ0n) is 19.0. The molecule has 1 aliphatic carbocycles. The second kappa shape index (κ2) is 9.09. The normalized spacial score (nSPS) is 24.5. The van der Waals surface area contributed by atoms with Crippen LogP contribution in [0.15, 0.2) is 36.8 Å². The summed E-state index contributed by atoms with van der Waals surface area (Å²) in [7, 11) is 1.91. The zero-order chi connectivity index (χ0) is 22.8. The number of benzene rings is 1.